The lowest BCUT2D eigenvalue weighted by molar-refractivity contribution is -0.131. The molecule has 1 unspecified atom stereocenters. The summed E-state index contributed by atoms with van der Waals surface area (Å²) >= 11 is 0. The van der Waals surface area contributed by atoms with Crippen LogP contribution in [0.5, 0.6) is 0 Å². The molecule has 100 valence electrons. The van der Waals surface area contributed by atoms with Gasteiger partial charge in [-0.3, -0.25) is 4.79 Å². The van der Waals surface area contributed by atoms with E-state index in [1.54, 1.807) is 15.9 Å². The molecule has 1 atom stereocenters. The fraction of sp³-hybridized carbons (Fsp3) is 0.357. The third-order valence-electron chi connectivity index (χ3n) is 3.34. The van der Waals surface area contributed by atoms with E-state index >= 15 is 0 Å². The molecule has 0 aliphatic heterocycles. The van der Waals surface area contributed by atoms with Crippen LogP contribution in [-0.2, 0) is 4.79 Å². The number of hydrogen-bond acceptors (Lipinski definition) is 3. The Morgan fingerprint density at radius 3 is 2.58 bits per heavy atom. The first kappa shape index (κ1) is 13.3. The topological polar surface area (TPSA) is 51.0 Å². The Balaban J connectivity index is 2.16. The van der Waals surface area contributed by atoms with Crippen molar-refractivity contribution >= 4 is 5.91 Å². The Bertz CT molecular complexity index is 533. The largest absolute Gasteiger partial charge is 0.339 e. The number of benzene rings is 1. The molecule has 2 rings (SSSR count). The average Bonchev–Trinajstić information content (AvgIpc) is 2.99. The predicted molar refractivity (Wildman–Crippen MR) is 72.8 cm³/mol. The van der Waals surface area contributed by atoms with Gasteiger partial charge in [0, 0.05) is 13.5 Å². The molecule has 1 heterocycles. The lowest BCUT2D eigenvalue weighted by atomic mass is 10.1. The number of rotatable bonds is 4. The van der Waals surface area contributed by atoms with E-state index in [1.807, 2.05) is 45.2 Å². The van der Waals surface area contributed by atoms with Crippen LogP contribution >= 0.6 is 0 Å². The van der Waals surface area contributed by atoms with Crippen molar-refractivity contribution in [3.63, 3.8) is 0 Å². The molecule has 0 saturated heterocycles. The molecule has 0 radical (unpaired) electrons. The van der Waals surface area contributed by atoms with Gasteiger partial charge in [-0.25, -0.2) is 9.67 Å². The van der Waals surface area contributed by atoms with Crippen LogP contribution in [0.15, 0.2) is 36.9 Å². The van der Waals surface area contributed by atoms with Crippen LogP contribution in [0, 0.1) is 0 Å². The molecule has 1 aromatic carbocycles. The molecule has 5 nitrogen and oxygen atoms in total. The average molecular weight is 258 g/mol. The quantitative estimate of drug-likeness (QED) is 0.844. The summed E-state index contributed by atoms with van der Waals surface area (Å²) in [7, 11) is 1.84. The first-order valence-corrected chi connectivity index (χ1v) is 6.34. The van der Waals surface area contributed by atoms with Crippen LogP contribution < -0.4 is 0 Å². The van der Waals surface area contributed by atoms with Crippen LogP contribution in [-0.4, -0.2) is 32.6 Å². The van der Waals surface area contributed by atoms with Gasteiger partial charge in [-0.15, -0.1) is 0 Å². The van der Waals surface area contributed by atoms with Crippen molar-refractivity contribution in [2.45, 2.75) is 26.3 Å². The minimum absolute atomic E-state index is 0.0669. The summed E-state index contributed by atoms with van der Waals surface area (Å²) in [6, 6.07) is 8.05. The van der Waals surface area contributed by atoms with Gasteiger partial charge in [0.1, 0.15) is 12.7 Å². The zero-order valence-corrected chi connectivity index (χ0v) is 11.4. The second-order valence-electron chi connectivity index (χ2n) is 4.47. The van der Waals surface area contributed by atoms with Gasteiger partial charge in [-0.2, -0.15) is 5.10 Å². The van der Waals surface area contributed by atoms with Gasteiger partial charge in [0.05, 0.1) is 11.7 Å². The van der Waals surface area contributed by atoms with Crippen LogP contribution in [0.3, 0.4) is 0 Å². The van der Waals surface area contributed by atoms with Crippen molar-refractivity contribution < 1.29 is 4.79 Å². The molecule has 5 heteroatoms. The first-order valence-electron chi connectivity index (χ1n) is 6.34. The number of carbonyl (C=O) groups is 1. The summed E-state index contributed by atoms with van der Waals surface area (Å²) in [5.41, 5.74) is 2.06. The molecule has 0 bridgehead atoms. The van der Waals surface area contributed by atoms with Gasteiger partial charge >= 0.3 is 0 Å². The van der Waals surface area contributed by atoms with Gasteiger partial charge in [-0.05, 0) is 24.6 Å². The molecule has 0 aliphatic carbocycles. The standard InChI is InChI=1S/C14H18N4O/c1-4-14(19)17(3)11(2)12-5-7-13(8-6-12)18-10-15-9-16-18/h5-11H,4H2,1-3H3. The number of hydrogen-bond donors (Lipinski definition) is 0. The zero-order chi connectivity index (χ0) is 13.8. The van der Waals surface area contributed by atoms with E-state index < -0.39 is 0 Å². The fourth-order valence-electron chi connectivity index (χ4n) is 1.94. The van der Waals surface area contributed by atoms with Crippen LogP contribution in [0.2, 0.25) is 0 Å². The van der Waals surface area contributed by atoms with Crippen molar-refractivity contribution in [2.24, 2.45) is 0 Å². The minimum atomic E-state index is 0.0669. The summed E-state index contributed by atoms with van der Waals surface area (Å²) in [6.45, 7) is 3.90. The van der Waals surface area contributed by atoms with E-state index in [1.165, 1.54) is 6.33 Å². The van der Waals surface area contributed by atoms with E-state index in [0.717, 1.165) is 11.3 Å². The molecule has 0 saturated carbocycles. The molecular formula is C14H18N4O. The number of amides is 1. The second-order valence-corrected chi connectivity index (χ2v) is 4.47. The highest BCUT2D eigenvalue weighted by Gasteiger charge is 2.15. The first-order chi connectivity index (χ1) is 9.13. The summed E-state index contributed by atoms with van der Waals surface area (Å²) in [5, 5.41) is 4.08. The van der Waals surface area contributed by atoms with E-state index in [4.69, 9.17) is 0 Å². The maximum atomic E-state index is 11.7. The van der Waals surface area contributed by atoms with Crippen molar-refractivity contribution in [1.29, 1.82) is 0 Å². The summed E-state index contributed by atoms with van der Waals surface area (Å²) in [5.74, 6) is 0.146. The van der Waals surface area contributed by atoms with Gasteiger partial charge in [-0.1, -0.05) is 19.1 Å². The number of carbonyl (C=O) groups excluding carboxylic acids is 1. The highest BCUT2D eigenvalue weighted by atomic mass is 16.2. The van der Waals surface area contributed by atoms with E-state index in [9.17, 15) is 4.79 Å². The van der Waals surface area contributed by atoms with Crippen molar-refractivity contribution in [3.05, 3.63) is 42.5 Å². The Kier molecular flexibility index (Phi) is 3.94. The maximum Gasteiger partial charge on any atom is 0.222 e. The van der Waals surface area contributed by atoms with E-state index in [-0.39, 0.29) is 11.9 Å². The zero-order valence-electron chi connectivity index (χ0n) is 11.4. The van der Waals surface area contributed by atoms with E-state index in [2.05, 4.69) is 10.1 Å². The fourth-order valence-corrected chi connectivity index (χ4v) is 1.94. The van der Waals surface area contributed by atoms with Crippen molar-refractivity contribution in [3.8, 4) is 5.69 Å². The smallest absolute Gasteiger partial charge is 0.222 e. The lowest BCUT2D eigenvalue weighted by Crippen LogP contribution is -2.28. The highest BCUT2D eigenvalue weighted by Crippen LogP contribution is 2.20. The number of aromatic nitrogens is 3. The maximum absolute atomic E-state index is 11.7. The Hall–Kier alpha value is -2.17. The molecule has 0 fully saturated rings. The molecule has 0 aliphatic rings. The molecular weight excluding hydrogens is 240 g/mol. The third-order valence-corrected chi connectivity index (χ3v) is 3.34. The minimum Gasteiger partial charge on any atom is -0.339 e. The number of nitrogens with zero attached hydrogens (tertiary/aromatic N) is 4. The van der Waals surface area contributed by atoms with E-state index in [0.29, 0.717) is 6.42 Å². The molecule has 2 aromatic rings. The Morgan fingerprint density at radius 2 is 2.05 bits per heavy atom. The molecule has 19 heavy (non-hydrogen) atoms. The molecule has 1 aromatic heterocycles. The summed E-state index contributed by atoms with van der Waals surface area (Å²) in [4.78, 5) is 17.4. The molecule has 0 N–H and O–H groups in total. The van der Waals surface area contributed by atoms with Gasteiger partial charge in [0.15, 0.2) is 0 Å². The third kappa shape index (κ3) is 2.81. The van der Waals surface area contributed by atoms with Crippen LogP contribution in [0.1, 0.15) is 31.9 Å². The lowest BCUT2D eigenvalue weighted by Gasteiger charge is -2.25. The SMILES string of the molecule is CCC(=O)N(C)C(C)c1ccc(-n2cncn2)cc1. The van der Waals surface area contributed by atoms with Crippen molar-refractivity contribution in [1.82, 2.24) is 19.7 Å². The predicted octanol–water partition coefficient (Wildman–Crippen LogP) is 2.20. The highest BCUT2D eigenvalue weighted by molar-refractivity contribution is 5.76. The summed E-state index contributed by atoms with van der Waals surface area (Å²) < 4.78 is 1.70. The van der Waals surface area contributed by atoms with Gasteiger partial charge in [0.2, 0.25) is 5.91 Å². The molecule has 0 spiro atoms. The monoisotopic (exact) mass is 258 g/mol. The second kappa shape index (κ2) is 5.65. The Labute approximate surface area is 112 Å². The van der Waals surface area contributed by atoms with Crippen LogP contribution in [0.25, 0.3) is 5.69 Å². The van der Waals surface area contributed by atoms with Gasteiger partial charge < -0.3 is 4.90 Å². The summed E-state index contributed by atoms with van der Waals surface area (Å²) in [6.07, 6.45) is 3.69. The van der Waals surface area contributed by atoms with Gasteiger partial charge in [0.25, 0.3) is 0 Å². The van der Waals surface area contributed by atoms with Crippen LogP contribution in [0.4, 0.5) is 0 Å². The van der Waals surface area contributed by atoms with Crippen molar-refractivity contribution in [2.75, 3.05) is 7.05 Å². The normalized spacial score (nSPS) is 12.2. The molecule has 1 amide bonds. The Morgan fingerprint density at radius 1 is 1.37 bits per heavy atom.